The molecule has 1 heterocycles. The number of nitrogens with zero attached hydrogens (tertiary/aromatic N) is 4. The summed E-state index contributed by atoms with van der Waals surface area (Å²) in [6.07, 6.45) is 2.83. The Morgan fingerprint density at radius 3 is 2.72 bits per heavy atom. The lowest BCUT2D eigenvalue weighted by molar-refractivity contribution is 0.0991. The van der Waals surface area contributed by atoms with Crippen LogP contribution < -0.4 is 4.90 Å². The van der Waals surface area contributed by atoms with E-state index in [1.807, 2.05) is 0 Å². The summed E-state index contributed by atoms with van der Waals surface area (Å²) in [6.45, 7) is 0. The summed E-state index contributed by atoms with van der Waals surface area (Å²) in [6, 6.07) is 3.95. The predicted molar refractivity (Wildman–Crippen MR) is 66.7 cm³/mol. The van der Waals surface area contributed by atoms with Gasteiger partial charge in [0.15, 0.2) is 0 Å². The van der Waals surface area contributed by atoms with Crippen LogP contribution in [-0.4, -0.2) is 28.1 Å². The van der Waals surface area contributed by atoms with Crippen LogP contribution in [0.15, 0.2) is 35.1 Å². The van der Waals surface area contributed by atoms with E-state index in [1.165, 1.54) is 36.5 Å². The van der Waals surface area contributed by atoms with Crippen LogP contribution in [0.25, 0.3) is 0 Å². The highest BCUT2D eigenvalue weighted by Crippen LogP contribution is 2.17. The molecule has 92 valence electrons. The number of rotatable bonds is 2. The molecule has 0 aliphatic rings. The lowest BCUT2D eigenvalue weighted by Gasteiger charge is -2.14. The maximum absolute atomic E-state index is 13.2. The summed E-state index contributed by atoms with van der Waals surface area (Å²) in [4.78, 5) is 17.2. The number of hydrogen-bond acceptors (Lipinski definition) is 4. The van der Waals surface area contributed by atoms with Crippen molar-refractivity contribution in [2.45, 2.75) is 0 Å². The van der Waals surface area contributed by atoms with Crippen molar-refractivity contribution in [3.63, 3.8) is 0 Å². The molecule has 1 aromatic heterocycles. The molecule has 0 fully saturated rings. The topological polar surface area (TPSA) is 59.0 Å². The van der Waals surface area contributed by atoms with E-state index >= 15 is 0 Å². The Hall–Kier alpha value is -1.89. The number of halogens is 2. The van der Waals surface area contributed by atoms with Crippen molar-refractivity contribution in [1.29, 1.82) is 0 Å². The van der Waals surface area contributed by atoms with Crippen LogP contribution in [0.5, 0.6) is 0 Å². The number of benzene rings is 1. The Labute approximate surface area is 111 Å². The van der Waals surface area contributed by atoms with Crippen LogP contribution >= 0.6 is 15.9 Å². The molecule has 1 amide bonds. The fraction of sp³-hybridized carbons (Fsp3) is 0.0909. The summed E-state index contributed by atoms with van der Waals surface area (Å²) in [5.74, 6) is -0.751. The fourth-order valence-corrected chi connectivity index (χ4v) is 1.82. The minimum Gasteiger partial charge on any atom is -0.278 e. The fourth-order valence-electron chi connectivity index (χ4n) is 1.36. The third-order valence-corrected chi connectivity index (χ3v) is 2.64. The maximum Gasteiger partial charge on any atom is 0.260 e. The number of aromatic nitrogens is 3. The van der Waals surface area contributed by atoms with E-state index in [-0.39, 0.29) is 11.5 Å². The van der Waals surface area contributed by atoms with Crippen molar-refractivity contribution in [1.82, 2.24) is 15.2 Å². The maximum atomic E-state index is 13.2. The molecule has 2 aromatic rings. The molecule has 0 unspecified atom stereocenters. The van der Waals surface area contributed by atoms with Gasteiger partial charge >= 0.3 is 0 Å². The van der Waals surface area contributed by atoms with Crippen molar-refractivity contribution in [2.75, 3.05) is 11.9 Å². The number of carbonyl (C=O) groups is 1. The number of anilines is 1. The van der Waals surface area contributed by atoms with Crippen molar-refractivity contribution < 1.29 is 9.18 Å². The Bertz CT molecular complexity index is 558. The highest BCUT2D eigenvalue weighted by Gasteiger charge is 2.16. The summed E-state index contributed by atoms with van der Waals surface area (Å²) < 4.78 is 13.7. The average Bonchev–Trinajstić information content (AvgIpc) is 2.37. The summed E-state index contributed by atoms with van der Waals surface area (Å²) in [5.41, 5.74) is 0.205. The van der Waals surface area contributed by atoms with Crippen molar-refractivity contribution in [3.8, 4) is 0 Å². The molecular weight excluding hydrogens is 303 g/mol. The molecule has 7 heteroatoms. The van der Waals surface area contributed by atoms with Gasteiger partial charge in [0.1, 0.15) is 5.82 Å². The summed E-state index contributed by atoms with van der Waals surface area (Å²) in [7, 11) is 1.50. The zero-order chi connectivity index (χ0) is 13.1. The monoisotopic (exact) mass is 310 g/mol. The molecule has 0 aliphatic heterocycles. The van der Waals surface area contributed by atoms with Gasteiger partial charge in [0.2, 0.25) is 0 Å². The molecule has 0 atom stereocenters. The zero-order valence-corrected chi connectivity index (χ0v) is 10.9. The normalized spacial score (nSPS) is 10.2. The van der Waals surface area contributed by atoms with Crippen molar-refractivity contribution in [2.24, 2.45) is 0 Å². The van der Waals surface area contributed by atoms with Crippen LogP contribution in [0.2, 0.25) is 0 Å². The first kappa shape index (κ1) is 12.6. The highest BCUT2D eigenvalue weighted by atomic mass is 79.9. The van der Waals surface area contributed by atoms with Crippen LogP contribution in [0.4, 0.5) is 10.3 Å². The molecule has 0 saturated heterocycles. The lowest BCUT2D eigenvalue weighted by atomic mass is 10.2. The minimum atomic E-state index is -0.492. The third kappa shape index (κ3) is 2.67. The Morgan fingerprint density at radius 2 is 2.11 bits per heavy atom. The molecular formula is C11H8BrFN4O. The molecule has 1 aromatic carbocycles. The molecule has 18 heavy (non-hydrogen) atoms. The number of amides is 1. The van der Waals surface area contributed by atoms with E-state index < -0.39 is 11.7 Å². The molecule has 0 saturated carbocycles. The van der Waals surface area contributed by atoms with E-state index in [4.69, 9.17) is 0 Å². The second kappa shape index (κ2) is 5.18. The second-order valence-electron chi connectivity index (χ2n) is 3.47. The van der Waals surface area contributed by atoms with Gasteiger partial charge in [-0.2, -0.15) is 5.10 Å². The van der Waals surface area contributed by atoms with Gasteiger partial charge in [-0.15, -0.1) is 5.10 Å². The number of hydrogen-bond donors (Lipinski definition) is 0. The van der Waals surface area contributed by atoms with Gasteiger partial charge in [-0.05, 0) is 18.2 Å². The number of carbonyl (C=O) groups excluding carboxylic acids is 1. The molecule has 2 rings (SSSR count). The van der Waals surface area contributed by atoms with E-state index in [1.54, 1.807) is 0 Å². The van der Waals surface area contributed by atoms with Crippen LogP contribution in [0.1, 0.15) is 10.4 Å². The van der Waals surface area contributed by atoms with Gasteiger partial charge in [-0.3, -0.25) is 9.69 Å². The highest BCUT2D eigenvalue weighted by molar-refractivity contribution is 9.10. The molecule has 5 nitrogen and oxygen atoms in total. The van der Waals surface area contributed by atoms with Crippen molar-refractivity contribution in [3.05, 3.63) is 46.4 Å². The first-order chi connectivity index (χ1) is 8.58. The van der Waals surface area contributed by atoms with Gasteiger partial charge in [-0.25, -0.2) is 9.37 Å². The predicted octanol–water partition coefficient (Wildman–Crippen LogP) is 2.05. The van der Waals surface area contributed by atoms with E-state index in [0.717, 1.165) is 6.07 Å². The third-order valence-electron chi connectivity index (χ3n) is 2.18. The molecule has 0 aliphatic carbocycles. The van der Waals surface area contributed by atoms with Gasteiger partial charge in [0.05, 0.1) is 12.4 Å². The molecule has 0 bridgehead atoms. The Kier molecular flexibility index (Phi) is 3.61. The average molecular weight is 311 g/mol. The van der Waals surface area contributed by atoms with E-state index in [2.05, 4.69) is 31.1 Å². The van der Waals surface area contributed by atoms with Gasteiger partial charge in [0, 0.05) is 17.1 Å². The van der Waals surface area contributed by atoms with Crippen LogP contribution in [0, 0.1) is 5.82 Å². The quantitative estimate of drug-likeness (QED) is 0.852. The summed E-state index contributed by atoms with van der Waals surface area (Å²) >= 11 is 3.13. The van der Waals surface area contributed by atoms with Gasteiger partial charge in [-0.1, -0.05) is 15.9 Å². The largest absolute Gasteiger partial charge is 0.278 e. The SMILES string of the molecule is CN(C(=O)c1cc(F)cc(Br)c1)c1nccnn1. The first-order valence-electron chi connectivity index (χ1n) is 4.96. The Balaban J connectivity index is 2.31. The van der Waals surface area contributed by atoms with Gasteiger partial charge in [0.25, 0.3) is 11.9 Å². The Morgan fingerprint density at radius 1 is 1.33 bits per heavy atom. The van der Waals surface area contributed by atoms with E-state index in [9.17, 15) is 9.18 Å². The van der Waals surface area contributed by atoms with Crippen LogP contribution in [-0.2, 0) is 0 Å². The minimum absolute atomic E-state index is 0.155. The van der Waals surface area contributed by atoms with Crippen molar-refractivity contribution >= 4 is 27.8 Å². The zero-order valence-electron chi connectivity index (χ0n) is 9.34. The molecule has 0 N–H and O–H groups in total. The molecule has 0 spiro atoms. The smallest absolute Gasteiger partial charge is 0.260 e. The van der Waals surface area contributed by atoms with Gasteiger partial charge < -0.3 is 0 Å². The standard InChI is InChI=1S/C11H8BrFN4O/c1-17(11-14-2-3-15-16-11)10(18)7-4-8(12)6-9(13)5-7/h2-6H,1H3. The van der Waals surface area contributed by atoms with E-state index in [0.29, 0.717) is 4.47 Å². The first-order valence-corrected chi connectivity index (χ1v) is 5.75. The summed E-state index contributed by atoms with van der Waals surface area (Å²) in [5, 5.41) is 7.34. The van der Waals surface area contributed by atoms with Crippen LogP contribution in [0.3, 0.4) is 0 Å². The lowest BCUT2D eigenvalue weighted by Crippen LogP contribution is -2.28. The molecule has 0 radical (unpaired) electrons. The second-order valence-corrected chi connectivity index (χ2v) is 4.38.